The van der Waals surface area contributed by atoms with E-state index in [1.807, 2.05) is 18.2 Å². The Kier molecular flexibility index (Phi) is 7.45. The van der Waals surface area contributed by atoms with Gasteiger partial charge in [-0.2, -0.15) is 0 Å². The van der Waals surface area contributed by atoms with Gasteiger partial charge in [0.15, 0.2) is 9.84 Å². The summed E-state index contributed by atoms with van der Waals surface area (Å²) in [7, 11) is -3.22. The third kappa shape index (κ3) is 6.41. The molecule has 0 aromatic heterocycles. The van der Waals surface area contributed by atoms with E-state index in [0.29, 0.717) is 6.54 Å². The molecule has 0 unspecified atom stereocenters. The van der Waals surface area contributed by atoms with Crippen molar-refractivity contribution in [2.24, 2.45) is 0 Å². The topological polar surface area (TPSA) is 66.5 Å². The van der Waals surface area contributed by atoms with Crippen LogP contribution in [-0.4, -0.2) is 45.1 Å². The van der Waals surface area contributed by atoms with Crippen LogP contribution in [0.15, 0.2) is 59.5 Å². The first-order valence-corrected chi connectivity index (χ1v) is 12.2. The summed E-state index contributed by atoms with van der Waals surface area (Å²) >= 11 is 0. The average Bonchev–Trinajstić information content (AvgIpc) is 2.98. The van der Waals surface area contributed by atoms with E-state index < -0.39 is 9.84 Å². The van der Waals surface area contributed by atoms with Crippen molar-refractivity contribution in [3.63, 3.8) is 0 Å². The van der Waals surface area contributed by atoms with E-state index in [-0.39, 0.29) is 23.3 Å². The lowest BCUT2D eigenvalue weighted by molar-refractivity contribution is -0.120. The predicted molar refractivity (Wildman–Crippen MR) is 115 cm³/mol. The van der Waals surface area contributed by atoms with Crippen molar-refractivity contribution in [1.29, 1.82) is 0 Å². The molecule has 1 aliphatic heterocycles. The normalized spacial score (nSPS) is 16.7. The number of rotatable bonds is 7. The molecular weight excluding hydrogens is 384 g/mol. The number of likely N-dealkylation sites (tertiary alicyclic amines) is 1. The van der Waals surface area contributed by atoms with Crippen LogP contribution in [0, 0.1) is 0 Å². The minimum Gasteiger partial charge on any atom is -0.354 e. The maximum absolute atomic E-state index is 12.5. The van der Waals surface area contributed by atoms with E-state index >= 15 is 0 Å². The Labute approximate surface area is 174 Å². The summed E-state index contributed by atoms with van der Waals surface area (Å²) < 4.78 is 23.1. The molecule has 156 valence electrons. The first-order chi connectivity index (χ1) is 13.9. The second kappa shape index (κ2) is 10.0. The number of amides is 1. The van der Waals surface area contributed by atoms with Crippen molar-refractivity contribution in [2.45, 2.75) is 43.0 Å². The molecule has 1 N–H and O–H groups in total. The molecule has 5 nitrogen and oxygen atoms in total. The Morgan fingerprint density at radius 2 is 1.59 bits per heavy atom. The molecule has 0 saturated carbocycles. The van der Waals surface area contributed by atoms with E-state index in [4.69, 9.17) is 0 Å². The molecule has 0 spiro atoms. The molecule has 1 atom stereocenters. The van der Waals surface area contributed by atoms with Gasteiger partial charge in [-0.25, -0.2) is 8.42 Å². The van der Waals surface area contributed by atoms with Crippen molar-refractivity contribution < 1.29 is 13.2 Å². The van der Waals surface area contributed by atoms with Crippen molar-refractivity contribution in [1.82, 2.24) is 10.2 Å². The highest BCUT2D eigenvalue weighted by Gasteiger charge is 2.22. The highest BCUT2D eigenvalue weighted by atomic mass is 32.2. The summed E-state index contributed by atoms with van der Waals surface area (Å²) in [6.45, 7) is 2.69. The zero-order chi connectivity index (χ0) is 20.7. The molecule has 0 aliphatic carbocycles. The average molecular weight is 415 g/mol. The number of nitrogens with one attached hydrogen (secondary N) is 1. The summed E-state index contributed by atoms with van der Waals surface area (Å²) in [5, 5.41) is 3.09. The fourth-order valence-electron chi connectivity index (χ4n) is 3.85. The molecule has 2 aromatic rings. The number of carbonyl (C=O) groups excluding carboxylic acids is 1. The van der Waals surface area contributed by atoms with Crippen molar-refractivity contribution >= 4 is 15.7 Å². The molecule has 2 aromatic carbocycles. The molecule has 1 fully saturated rings. The molecular formula is C23H30N2O3S. The van der Waals surface area contributed by atoms with Crippen LogP contribution in [0.3, 0.4) is 0 Å². The van der Waals surface area contributed by atoms with Crippen LogP contribution in [0.2, 0.25) is 0 Å². The van der Waals surface area contributed by atoms with Gasteiger partial charge in [-0.05, 0) is 49.2 Å². The largest absolute Gasteiger partial charge is 0.354 e. The second-order valence-corrected chi connectivity index (χ2v) is 9.79. The van der Waals surface area contributed by atoms with Crippen molar-refractivity contribution in [3.05, 3.63) is 65.7 Å². The van der Waals surface area contributed by atoms with Gasteiger partial charge >= 0.3 is 0 Å². The van der Waals surface area contributed by atoms with Gasteiger partial charge in [0.05, 0.1) is 17.4 Å². The third-order valence-corrected chi connectivity index (χ3v) is 6.60. The lowest BCUT2D eigenvalue weighted by atomic mass is 10.0. The zero-order valence-corrected chi connectivity index (χ0v) is 17.8. The summed E-state index contributed by atoms with van der Waals surface area (Å²) in [6.07, 6.45) is 6.36. The molecule has 1 saturated heterocycles. The van der Waals surface area contributed by atoms with Crippen LogP contribution in [0.4, 0.5) is 0 Å². The Morgan fingerprint density at radius 1 is 0.966 bits per heavy atom. The van der Waals surface area contributed by atoms with Gasteiger partial charge in [-0.15, -0.1) is 0 Å². The van der Waals surface area contributed by atoms with Gasteiger partial charge in [0.2, 0.25) is 5.91 Å². The molecule has 29 heavy (non-hydrogen) atoms. The first kappa shape index (κ1) is 21.5. The van der Waals surface area contributed by atoms with Crippen LogP contribution in [-0.2, 0) is 21.1 Å². The highest BCUT2D eigenvalue weighted by Crippen LogP contribution is 2.23. The van der Waals surface area contributed by atoms with Gasteiger partial charge in [0.1, 0.15) is 0 Å². The SMILES string of the molecule is CS(=O)(=O)c1ccc(CC(=O)NC[C@@H](c2ccccc2)N2CCCCCC2)cc1. The van der Waals surface area contributed by atoms with E-state index in [1.54, 1.807) is 24.3 Å². The van der Waals surface area contributed by atoms with Crippen molar-refractivity contribution in [3.8, 4) is 0 Å². The number of nitrogens with zero attached hydrogens (tertiary/aromatic N) is 1. The van der Waals surface area contributed by atoms with Crippen LogP contribution >= 0.6 is 0 Å². The lowest BCUT2D eigenvalue weighted by Crippen LogP contribution is -2.39. The van der Waals surface area contributed by atoms with Gasteiger partial charge in [-0.1, -0.05) is 55.3 Å². The lowest BCUT2D eigenvalue weighted by Gasteiger charge is -2.31. The van der Waals surface area contributed by atoms with Crippen LogP contribution in [0.1, 0.15) is 42.9 Å². The van der Waals surface area contributed by atoms with Crippen LogP contribution < -0.4 is 5.32 Å². The summed E-state index contributed by atoms with van der Waals surface area (Å²) in [4.78, 5) is 15.3. The third-order valence-electron chi connectivity index (χ3n) is 5.47. The number of hydrogen-bond donors (Lipinski definition) is 1. The Morgan fingerprint density at radius 3 is 2.17 bits per heavy atom. The van der Waals surface area contributed by atoms with Gasteiger partial charge < -0.3 is 5.32 Å². The summed E-state index contributed by atoms with van der Waals surface area (Å²) in [5.41, 5.74) is 2.04. The molecule has 6 heteroatoms. The van der Waals surface area contributed by atoms with E-state index in [9.17, 15) is 13.2 Å². The second-order valence-electron chi connectivity index (χ2n) is 7.77. The van der Waals surface area contributed by atoms with Crippen molar-refractivity contribution in [2.75, 3.05) is 25.9 Å². The highest BCUT2D eigenvalue weighted by molar-refractivity contribution is 7.90. The molecule has 1 heterocycles. The zero-order valence-electron chi connectivity index (χ0n) is 17.0. The quantitative estimate of drug-likeness (QED) is 0.754. The maximum Gasteiger partial charge on any atom is 0.224 e. The fraction of sp³-hybridized carbons (Fsp3) is 0.435. The molecule has 3 rings (SSSR count). The first-order valence-electron chi connectivity index (χ1n) is 10.3. The van der Waals surface area contributed by atoms with E-state index in [1.165, 1.54) is 37.5 Å². The van der Waals surface area contributed by atoms with Gasteiger partial charge in [0, 0.05) is 12.8 Å². The molecule has 1 aliphatic rings. The summed E-state index contributed by atoms with van der Waals surface area (Å²) in [6, 6.07) is 17.1. The number of benzene rings is 2. The predicted octanol–water partition coefficient (Wildman–Crippen LogP) is 3.37. The fourth-order valence-corrected chi connectivity index (χ4v) is 4.48. The monoisotopic (exact) mass is 414 g/mol. The molecule has 1 amide bonds. The minimum absolute atomic E-state index is 0.0483. The number of carbonyl (C=O) groups is 1. The van der Waals surface area contributed by atoms with Crippen LogP contribution in [0.25, 0.3) is 0 Å². The Bertz CT molecular complexity index is 887. The van der Waals surface area contributed by atoms with Gasteiger partial charge in [-0.3, -0.25) is 9.69 Å². The number of sulfone groups is 1. The van der Waals surface area contributed by atoms with E-state index in [2.05, 4.69) is 22.3 Å². The smallest absolute Gasteiger partial charge is 0.224 e. The van der Waals surface area contributed by atoms with Gasteiger partial charge in [0.25, 0.3) is 0 Å². The Balaban J connectivity index is 1.63. The molecule has 0 radical (unpaired) electrons. The molecule has 0 bridgehead atoms. The van der Waals surface area contributed by atoms with E-state index in [0.717, 1.165) is 18.7 Å². The summed E-state index contributed by atoms with van der Waals surface area (Å²) in [5.74, 6) is -0.0483. The van der Waals surface area contributed by atoms with Crippen LogP contribution in [0.5, 0.6) is 0 Å². The maximum atomic E-state index is 12.5. The minimum atomic E-state index is -3.22. The Hall–Kier alpha value is -2.18. The standard InChI is InChI=1S/C23H30N2O3S/c1-29(27,28)21-13-11-19(12-14-21)17-23(26)24-18-22(20-9-5-4-6-10-20)25-15-7-2-3-8-16-25/h4-6,9-14,22H,2-3,7-8,15-18H2,1H3,(H,24,26)/t22-/m0/s1. The number of hydrogen-bond acceptors (Lipinski definition) is 4.